The molecule has 1 N–H and O–H groups in total. The molecule has 3 rings (SSSR count). The van der Waals surface area contributed by atoms with Crippen LogP contribution in [0.25, 0.3) is 0 Å². The zero-order valence-electron chi connectivity index (χ0n) is 10.9. The van der Waals surface area contributed by atoms with Gasteiger partial charge in [0.15, 0.2) is 0 Å². The fourth-order valence-electron chi connectivity index (χ4n) is 2.47. The Hall–Kier alpha value is -2.76. The van der Waals surface area contributed by atoms with Crippen LogP contribution in [-0.2, 0) is 16.9 Å². The van der Waals surface area contributed by atoms with Crippen LogP contribution in [0.2, 0.25) is 0 Å². The smallest absolute Gasteiger partial charge is 0.269 e. The van der Waals surface area contributed by atoms with E-state index < -0.39 is 16.5 Å². The summed E-state index contributed by atoms with van der Waals surface area (Å²) in [6.45, 7) is 0. The van der Waals surface area contributed by atoms with Gasteiger partial charge >= 0.3 is 0 Å². The Kier molecular flexibility index (Phi) is 2.94. The number of benzene rings is 2. The first-order chi connectivity index (χ1) is 10.0. The van der Waals surface area contributed by atoms with Crippen molar-refractivity contribution in [3.8, 4) is 0 Å². The number of hydrogen-bond donors (Lipinski definition) is 1. The largest absolute Gasteiger partial charge is 0.323 e. The van der Waals surface area contributed by atoms with E-state index in [0.717, 1.165) is 0 Å². The minimum Gasteiger partial charge on any atom is -0.323 e. The Morgan fingerprint density at radius 3 is 2.48 bits per heavy atom. The van der Waals surface area contributed by atoms with Gasteiger partial charge in [-0.05, 0) is 11.6 Å². The maximum Gasteiger partial charge on any atom is 0.269 e. The van der Waals surface area contributed by atoms with E-state index in [0.29, 0.717) is 16.8 Å². The predicted octanol–water partition coefficient (Wildman–Crippen LogP) is 2.95. The normalized spacial score (nSPS) is 20.0. The van der Waals surface area contributed by atoms with Crippen LogP contribution in [0.15, 0.2) is 48.5 Å². The number of fused-ring (bicyclic) bond motifs is 1. The first-order valence-electron chi connectivity index (χ1n) is 6.34. The van der Waals surface area contributed by atoms with Crippen molar-refractivity contribution in [2.24, 2.45) is 0 Å². The van der Waals surface area contributed by atoms with Crippen LogP contribution in [0, 0.1) is 10.1 Å². The van der Waals surface area contributed by atoms with Crippen LogP contribution in [0.5, 0.6) is 0 Å². The van der Waals surface area contributed by atoms with Gasteiger partial charge in [0.1, 0.15) is 0 Å². The zero-order chi connectivity index (χ0) is 15.0. The number of carbonyl (C=O) groups excluding carboxylic acids is 1. The van der Waals surface area contributed by atoms with Gasteiger partial charge in [0.2, 0.25) is 5.67 Å². The second-order valence-corrected chi connectivity index (χ2v) is 4.90. The topological polar surface area (TPSA) is 72.2 Å². The molecule has 6 heteroatoms. The molecule has 0 saturated carbocycles. The lowest BCUT2D eigenvalue weighted by atomic mass is 9.90. The number of rotatable bonds is 3. The number of hydrogen-bond acceptors (Lipinski definition) is 3. The van der Waals surface area contributed by atoms with Gasteiger partial charge in [0, 0.05) is 29.8 Å². The first-order valence-corrected chi connectivity index (χ1v) is 6.34. The molecular formula is C15H11FN2O3. The Labute approximate surface area is 119 Å². The fourth-order valence-corrected chi connectivity index (χ4v) is 2.47. The number of nitro groups is 1. The number of anilines is 1. The molecule has 1 aliphatic heterocycles. The highest BCUT2D eigenvalue weighted by molar-refractivity contribution is 6.05. The van der Waals surface area contributed by atoms with E-state index in [1.807, 2.05) is 0 Å². The van der Waals surface area contributed by atoms with Gasteiger partial charge in [-0.1, -0.05) is 30.3 Å². The van der Waals surface area contributed by atoms with Crippen LogP contribution in [-0.4, -0.2) is 10.8 Å². The van der Waals surface area contributed by atoms with Crippen LogP contribution in [0.4, 0.5) is 15.8 Å². The van der Waals surface area contributed by atoms with Crippen molar-refractivity contribution < 1.29 is 14.1 Å². The maximum absolute atomic E-state index is 15.1. The van der Waals surface area contributed by atoms with E-state index in [1.54, 1.807) is 24.3 Å². The number of alkyl halides is 1. The highest BCUT2D eigenvalue weighted by atomic mass is 19.1. The zero-order valence-corrected chi connectivity index (χ0v) is 10.9. The van der Waals surface area contributed by atoms with Crippen molar-refractivity contribution in [3.63, 3.8) is 0 Å². The molecule has 1 heterocycles. The number of amides is 1. The van der Waals surface area contributed by atoms with Crippen molar-refractivity contribution in [1.82, 2.24) is 0 Å². The van der Waals surface area contributed by atoms with Crippen LogP contribution < -0.4 is 5.32 Å². The maximum atomic E-state index is 15.1. The second-order valence-electron chi connectivity index (χ2n) is 4.90. The van der Waals surface area contributed by atoms with Gasteiger partial charge < -0.3 is 5.32 Å². The summed E-state index contributed by atoms with van der Waals surface area (Å²) in [5.41, 5.74) is -0.926. The van der Waals surface area contributed by atoms with E-state index in [4.69, 9.17) is 0 Å². The molecule has 2 aromatic carbocycles. The molecule has 1 aliphatic rings. The number of non-ortho nitro benzene ring substituents is 1. The van der Waals surface area contributed by atoms with Gasteiger partial charge in [-0.3, -0.25) is 14.9 Å². The van der Waals surface area contributed by atoms with Crippen molar-refractivity contribution in [3.05, 3.63) is 69.8 Å². The molecule has 2 aromatic rings. The molecule has 1 atom stereocenters. The van der Waals surface area contributed by atoms with E-state index in [2.05, 4.69) is 5.32 Å². The van der Waals surface area contributed by atoms with E-state index in [9.17, 15) is 14.9 Å². The summed E-state index contributed by atoms with van der Waals surface area (Å²) in [6.07, 6.45) is -0.159. The molecule has 106 valence electrons. The van der Waals surface area contributed by atoms with Crippen LogP contribution in [0.1, 0.15) is 11.1 Å². The van der Waals surface area contributed by atoms with Crippen LogP contribution >= 0.6 is 0 Å². The highest BCUT2D eigenvalue weighted by Gasteiger charge is 2.47. The van der Waals surface area contributed by atoms with E-state index in [-0.39, 0.29) is 12.1 Å². The van der Waals surface area contributed by atoms with Gasteiger partial charge in [0.05, 0.1) is 4.92 Å². The molecule has 0 bridgehead atoms. The average Bonchev–Trinajstić information content (AvgIpc) is 2.71. The van der Waals surface area contributed by atoms with Gasteiger partial charge in [-0.15, -0.1) is 0 Å². The minimum absolute atomic E-state index is 0.0667. The third kappa shape index (κ3) is 2.14. The summed E-state index contributed by atoms with van der Waals surface area (Å²) in [7, 11) is 0. The fraction of sp³-hybridized carbons (Fsp3) is 0.133. The van der Waals surface area contributed by atoms with Crippen molar-refractivity contribution in [1.29, 1.82) is 0 Å². The summed E-state index contributed by atoms with van der Waals surface area (Å²) in [6, 6.07) is 12.1. The Morgan fingerprint density at radius 1 is 1.14 bits per heavy atom. The first kappa shape index (κ1) is 13.2. The Balaban J connectivity index is 1.93. The molecule has 0 spiro atoms. The monoisotopic (exact) mass is 286 g/mol. The molecule has 1 amide bonds. The number of para-hydroxylation sites is 1. The van der Waals surface area contributed by atoms with Gasteiger partial charge in [-0.2, -0.15) is 0 Å². The third-order valence-corrected chi connectivity index (χ3v) is 3.56. The Bertz CT molecular complexity index is 730. The van der Waals surface area contributed by atoms with E-state index in [1.165, 1.54) is 24.3 Å². The summed E-state index contributed by atoms with van der Waals surface area (Å²) in [5, 5.41) is 13.1. The number of nitro benzene ring substituents is 1. The van der Waals surface area contributed by atoms with Gasteiger partial charge in [0.25, 0.3) is 11.6 Å². The summed E-state index contributed by atoms with van der Waals surface area (Å²) in [5.74, 6) is -0.706. The highest BCUT2D eigenvalue weighted by Crippen LogP contribution is 2.41. The molecule has 5 nitrogen and oxygen atoms in total. The summed E-state index contributed by atoms with van der Waals surface area (Å²) < 4.78 is 15.1. The molecule has 0 radical (unpaired) electrons. The second kappa shape index (κ2) is 4.66. The molecule has 0 saturated heterocycles. The quantitative estimate of drug-likeness (QED) is 0.696. The molecule has 0 aliphatic carbocycles. The SMILES string of the molecule is O=C1Nc2ccccc2C1(F)Cc1ccc([N+](=O)[O-])cc1. The average molecular weight is 286 g/mol. The minimum atomic E-state index is -2.15. The lowest BCUT2D eigenvalue weighted by Crippen LogP contribution is -2.31. The molecule has 21 heavy (non-hydrogen) atoms. The molecule has 1 unspecified atom stereocenters. The van der Waals surface area contributed by atoms with Crippen LogP contribution in [0.3, 0.4) is 0 Å². The lowest BCUT2D eigenvalue weighted by Gasteiger charge is -2.17. The standard InChI is InChI=1S/C15H11FN2O3/c16-15(9-10-5-7-11(8-6-10)18(20)21)12-3-1-2-4-13(12)17-14(15)19/h1-8H,9H2,(H,17,19). The number of halogens is 1. The number of nitrogens with one attached hydrogen (secondary N) is 1. The number of carbonyl (C=O) groups is 1. The predicted molar refractivity (Wildman–Crippen MR) is 74.7 cm³/mol. The van der Waals surface area contributed by atoms with Crippen molar-refractivity contribution in [2.75, 3.05) is 5.32 Å². The van der Waals surface area contributed by atoms with E-state index >= 15 is 4.39 Å². The van der Waals surface area contributed by atoms with Crippen molar-refractivity contribution in [2.45, 2.75) is 12.1 Å². The number of nitrogens with zero attached hydrogens (tertiary/aromatic N) is 1. The summed E-state index contributed by atoms with van der Waals surface area (Å²) >= 11 is 0. The molecule has 0 aromatic heterocycles. The third-order valence-electron chi connectivity index (χ3n) is 3.56. The summed E-state index contributed by atoms with van der Waals surface area (Å²) in [4.78, 5) is 22.0. The van der Waals surface area contributed by atoms with Crippen molar-refractivity contribution >= 4 is 17.3 Å². The lowest BCUT2D eigenvalue weighted by molar-refractivity contribution is -0.384. The molecule has 0 fully saturated rings. The molecular weight excluding hydrogens is 275 g/mol. The Morgan fingerprint density at radius 2 is 1.81 bits per heavy atom. The van der Waals surface area contributed by atoms with Gasteiger partial charge in [-0.25, -0.2) is 4.39 Å².